The molecule has 0 spiro atoms. The second-order valence-corrected chi connectivity index (χ2v) is 8.19. The summed E-state index contributed by atoms with van der Waals surface area (Å²) in [6.07, 6.45) is 1.75. The van der Waals surface area contributed by atoms with Crippen LogP contribution in [-0.2, 0) is 18.3 Å². The fourth-order valence-electron chi connectivity index (χ4n) is 3.86. The van der Waals surface area contributed by atoms with Crippen molar-refractivity contribution >= 4 is 16.9 Å². The molecule has 166 valence electrons. The zero-order valence-electron chi connectivity index (χ0n) is 19.0. The summed E-state index contributed by atoms with van der Waals surface area (Å²) in [7, 11) is 3.44. The van der Waals surface area contributed by atoms with Gasteiger partial charge in [0.05, 0.1) is 19.3 Å². The summed E-state index contributed by atoms with van der Waals surface area (Å²) in [6, 6.07) is 16.2. The normalized spacial score (nSPS) is 11.4. The van der Waals surface area contributed by atoms with Crippen LogP contribution in [0.1, 0.15) is 30.9 Å². The maximum absolute atomic E-state index is 13.0. The molecule has 0 saturated heterocycles. The van der Waals surface area contributed by atoms with E-state index in [0.717, 1.165) is 28.9 Å². The Balaban J connectivity index is 1.70. The number of nitrogens with one attached hydrogen (secondary N) is 1. The maximum Gasteiger partial charge on any atom is 0.330 e. The molecule has 0 bridgehead atoms. The first-order valence-electron chi connectivity index (χ1n) is 10.8. The van der Waals surface area contributed by atoms with Crippen LogP contribution in [0.4, 0.5) is 5.69 Å². The molecule has 0 radical (unpaired) electrons. The average Bonchev–Trinajstić information content (AvgIpc) is 3.04. The van der Waals surface area contributed by atoms with Crippen LogP contribution in [0.2, 0.25) is 0 Å². The Hall–Kier alpha value is -3.45. The van der Waals surface area contributed by atoms with Gasteiger partial charge >= 0.3 is 5.69 Å². The number of methoxy groups -OCH3 is 1. The van der Waals surface area contributed by atoms with Crippen molar-refractivity contribution in [2.45, 2.75) is 26.3 Å². The van der Waals surface area contributed by atoms with Crippen LogP contribution in [-0.4, -0.2) is 39.4 Å². The standard InChI is InChI=1S/C25H29N5O2/c1-17(2)20-7-5-6-8-21(20)23-27-15-22-24(28-23)30(25(31)29(22)3)16-18-9-11-19(12-10-18)26-13-14-32-4/h5-12,15,17,26H,13-14,16H2,1-4H3. The highest BCUT2D eigenvalue weighted by molar-refractivity contribution is 5.74. The van der Waals surface area contributed by atoms with Crippen molar-refractivity contribution in [1.29, 1.82) is 0 Å². The molecule has 32 heavy (non-hydrogen) atoms. The summed E-state index contributed by atoms with van der Waals surface area (Å²) in [5.41, 5.74) is 5.49. The smallest absolute Gasteiger partial charge is 0.330 e. The predicted octanol–water partition coefficient (Wildman–Crippen LogP) is 4.03. The first kappa shape index (κ1) is 21.8. The number of imidazole rings is 1. The molecule has 7 heteroatoms. The number of nitrogens with zero attached hydrogens (tertiary/aromatic N) is 4. The minimum atomic E-state index is -0.106. The SMILES string of the molecule is COCCNc1ccc(Cn2c(=O)n(C)c3cnc(-c4ccccc4C(C)C)nc32)cc1. The van der Waals surface area contributed by atoms with Gasteiger partial charge in [-0.2, -0.15) is 0 Å². The number of anilines is 1. The molecule has 2 aromatic heterocycles. The zero-order chi connectivity index (χ0) is 22.7. The Morgan fingerprint density at radius 3 is 2.56 bits per heavy atom. The molecule has 0 amide bonds. The van der Waals surface area contributed by atoms with Crippen LogP contribution in [0.25, 0.3) is 22.6 Å². The predicted molar refractivity (Wildman–Crippen MR) is 128 cm³/mol. The van der Waals surface area contributed by atoms with Crippen molar-refractivity contribution < 1.29 is 4.74 Å². The third-order valence-electron chi connectivity index (χ3n) is 5.64. The lowest BCUT2D eigenvalue weighted by molar-refractivity contribution is 0.211. The topological polar surface area (TPSA) is 74.0 Å². The molecule has 0 atom stereocenters. The van der Waals surface area contributed by atoms with Crippen molar-refractivity contribution in [2.75, 3.05) is 25.6 Å². The van der Waals surface area contributed by atoms with Gasteiger partial charge in [-0.15, -0.1) is 0 Å². The number of rotatable bonds is 8. The van der Waals surface area contributed by atoms with Crippen molar-refractivity contribution in [1.82, 2.24) is 19.1 Å². The fourth-order valence-corrected chi connectivity index (χ4v) is 3.86. The summed E-state index contributed by atoms with van der Waals surface area (Å²) in [5, 5.41) is 3.30. The highest BCUT2D eigenvalue weighted by Gasteiger charge is 2.16. The molecule has 0 aliphatic heterocycles. The summed E-state index contributed by atoms with van der Waals surface area (Å²) in [5.74, 6) is 0.985. The molecule has 0 saturated carbocycles. The highest BCUT2D eigenvalue weighted by atomic mass is 16.5. The lowest BCUT2D eigenvalue weighted by Crippen LogP contribution is -2.22. The molecule has 0 aliphatic rings. The third-order valence-corrected chi connectivity index (χ3v) is 5.64. The Morgan fingerprint density at radius 1 is 1.09 bits per heavy atom. The van der Waals surface area contributed by atoms with Crippen LogP contribution < -0.4 is 11.0 Å². The number of hydrogen-bond acceptors (Lipinski definition) is 5. The summed E-state index contributed by atoms with van der Waals surface area (Å²) in [6.45, 7) is 6.15. The van der Waals surface area contributed by atoms with Gasteiger partial charge in [-0.05, 0) is 29.2 Å². The van der Waals surface area contributed by atoms with Gasteiger partial charge in [0.15, 0.2) is 11.5 Å². The molecule has 4 aromatic rings. The monoisotopic (exact) mass is 431 g/mol. The lowest BCUT2D eigenvalue weighted by atomic mass is 9.97. The van der Waals surface area contributed by atoms with Gasteiger partial charge in [0, 0.05) is 32.0 Å². The van der Waals surface area contributed by atoms with Crippen molar-refractivity contribution in [3.63, 3.8) is 0 Å². The van der Waals surface area contributed by atoms with Crippen LogP contribution in [0.3, 0.4) is 0 Å². The van der Waals surface area contributed by atoms with Gasteiger partial charge < -0.3 is 10.1 Å². The zero-order valence-corrected chi connectivity index (χ0v) is 19.0. The molecule has 2 heterocycles. The Labute approximate surface area is 187 Å². The molecule has 2 aromatic carbocycles. The van der Waals surface area contributed by atoms with Crippen molar-refractivity contribution in [2.24, 2.45) is 7.05 Å². The third kappa shape index (κ3) is 4.29. The molecular weight excluding hydrogens is 402 g/mol. The van der Waals surface area contributed by atoms with Crippen LogP contribution in [0.5, 0.6) is 0 Å². The molecule has 0 fully saturated rings. The average molecular weight is 432 g/mol. The Morgan fingerprint density at radius 2 is 1.84 bits per heavy atom. The number of hydrogen-bond donors (Lipinski definition) is 1. The lowest BCUT2D eigenvalue weighted by Gasteiger charge is -2.12. The van der Waals surface area contributed by atoms with E-state index in [1.54, 1.807) is 29.5 Å². The van der Waals surface area contributed by atoms with E-state index in [2.05, 4.69) is 30.2 Å². The van der Waals surface area contributed by atoms with E-state index in [0.29, 0.717) is 30.5 Å². The molecule has 1 N–H and O–H groups in total. The summed E-state index contributed by atoms with van der Waals surface area (Å²) < 4.78 is 8.39. The molecule has 7 nitrogen and oxygen atoms in total. The van der Waals surface area contributed by atoms with E-state index in [-0.39, 0.29) is 5.69 Å². The van der Waals surface area contributed by atoms with Gasteiger partial charge in [-0.3, -0.25) is 9.13 Å². The summed E-state index contributed by atoms with van der Waals surface area (Å²) >= 11 is 0. The van der Waals surface area contributed by atoms with Gasteiger partial charge in [0.1, 0.15) is 5.52 Å². The molecular formula is C25H29N5O2. The number of aromatic nitrogens is 4. The second kappa shape index (κ2) is 9.36. The van der Waals surface area contributed by atoms with Crippen molar-refractivity contribution in [3.05, 3.63) is 76.3 Å². The van der Waals surface area contributed by atoms with Gasteiger partial charge in [-0.25, -0.2) is 14.8 Å². The van der Waals surface area contributed by atoms with Gasteiger partial charge in [0.2, 0.25) is 0 Å². The molecule has 0 unspecified atom stereocenters. The highest BCUT2D eigenvalue weighted by Crippen LogP contribution is 2.27. The van der Waals surface area contributed by atoms with Crippen LogP contribution in [0, 0.1) is 0 Å². The number of fused-ring (bicyclic) bond motifs is 1. The first-order chi connectivity index (χ1) is 15.5. The first-order valence-corrected chi connectivity index (χ1v) is 10.8. The number of aryl methyl sites for hydroxylation is 1. The van der Waals surface area contributed by atoms with Crippen LogP contribution in [0.15, 0.2) is 59.5 Å². The van der Waals surface area contributed by atoms with Crippen LogP contribution >= 0.6 is 0 Å². The van der Waals surface area contributed by atoms with E-state index < -0.39 is 0 Å². The minimum absolute atomic E-state index is 0.106. The van der Waals surface area contributed by atoms with E-state index in [1.165, 1.54) is 5.56 Å². The Kier molecular flexibility index (Phi) is 6.37. The van der Waals surface area contributed by atoms with Gasteiger partial charge in [-0.1, -0.05) is 50.2 Å². The Bertz CT molecular complexity index is 1270. The number of ether oxygens (including phenoxy) is 1. The van der Waals surface area contributed by atoms with E-state index in [1.807, 2.05) is 42.5 Å². The van der Waals surface area contributed by atoms with Gasteiger partial charge in [0.25, 0.3) is 0 Å². The minimum Gasteiger partial charge on any atom is -0.383 e. The van der Waals surface area contributed by atoms with E-state index >= 15 is 0 Å². The maximum atomic E-state index is 13.0. The number of benzene rings is 2. The molecule has 0 aliphatic carbocycles. The second-order valence-electron chi connectivity index (χ2n) is 8.19. The fraction of sp³-hybridized carbons (Fsp3) is 0.320. The quantitative estimate of drug-likeness (QED) is 0.427. The summed E-state index contributed by atoms with van der Waals surface area (Å²) in [4.78, 5) is 22.4. The molecule has 4 rings (SSSR count). The van der Waals surface area contributed by atoms with Crippen molar-refractivity contribution in [3.8, 4) is 11.4 Å². The largest absolute Gasteiger partial charge is 0.383 e. The van der Waals surface area contributed by atoms with E-state index in [4.69, 9.17) is 9.72 Å². The van der Waals surface area contributed by atoms with E-state index in [9.17, 15) is 4.79 Å².